The number of ether oxygens (including phenoxy) is 1. The van der Waals surface area contributed by atoms with Crippen molar-refractivity contribution >= 4 is 21.9 Å². The van der Waals surface area contributed by atoms with Crippen LogP contribution in [0.3, 0.4) is 0 Å². The van der Waals surface area contributed by atoms with Crippen LogP contribution in [0, 0.1) is 6.92 Å². The summed E-state index contributed by atoms with van der Waals surface area (Å²) in [5, 5.41) is 1.93. The first kappa shape index (κ1) is 15.5. The highest BCUT2D eigenvalue weighted by Crippen LogP contribution is 2.35. The van der Waals surface area contributed by atoms with Gasteiger partial charge in [0.1, 0.15) is 16.9 Å². The van der Waals surface area contributed by atoms with Crippen molar-refractivity contribution in [1.82, 2.24) is 0 Å². The van der Waals surface area contributed by atoms with Crippen LogP contribution in [0.2, 0.25) is 0 Å². The molecule has 0 saturated heterocycles. The number of furan rings is 1. The van der Waals surface area contributed by atoms with Crippen molar-refractivity contribution < 1.29 is 13.6 Å². The molecule has 0 amide bonds. The zero-order valence-corrected chi connectivity index (χ0v) is 14.4. The van der Waals surface area contributed by atoms with E-state index < -0.39 is 0 Å². The number of methoxy groups -OCH3 is 1. The average molecular weight is 334 g/mol. The summed E-state index contributed by atoms with van der Waals surface area (Å²) in [6, 6.07) is 11.7. The van der Waals surface area contributed by atoms with E-state index in [1.165, 1.54) is 0 Å². The molecular weight excluding hydrogens is 316 g/mol. The smallest absolute Gasteiger partial charge is 0.339 e. The molecule has 4 aromatic rings. The van der Waals surface area contributed by atoms with Crippen molar-refractivity contribution in [2.75, 3.05) is 7.11 Å². The predicted octanol–water partition coefficient (Wildman–Crippen LogP) is 5.09. The van der Waals surface area contributed by atoms with Crippen molar-refractivity contribution in [3.8, 4) is 16.9 Å². The van der Waals surface area contributed by atoms with Crippen LogP contribution in [0.5, 0.6) is 5.75 Å². The van der Waals surface area contributed by atoms with Gasteiger partial charge in [0, 0.05) is 28.0 Å². The predicted molar refractivity (Wildman–Crippen MR) is 98.4 cm³/mol. The topological polar surface area (TPSA) is 52.6 Å². The summed E-state index contributed by atoms with van der Waals surface area (Å²) >= 11 is 0. The van der Waals surface area contributed by atoms with E-state index >= 15 is 0 Å². The summed E-state index contributed by atoms with van der Waals surface area (Å²) in [6.45, 7) is 3.93. The van der Waals surface area contributed by atoms with Crippen molar-refractivity contribution in [1.29, 1.82) is 0 Å². The number of rotatable bonds is 3. The molecule has 126 valence electrons. The highest BCUT2D eigenvalue weighted by atomic mass is 16.5. The first-order valence-electron chi connectivity index (χ1n) is 8.24. The van der Waals surface area contributed by atoms with Crippen LogP contribution < -0.4 is 10.4 Å². The zero-order chi connectivity index (χ0) is 17.6. The minimum absolute atomic E-state index is 0.272. The molecule has 2 aromatic heterocycles. The van der Waals surface area contributed by atoms with E-state index in [9.17, 15) is 4.79 Å². The summed E-state index contributed by atoms with van der Waals surface area (Å²) in [5.41, 5.74) is 4.66. The average Bonchev–Trinajstić information content (AvgIpc) is 3.03. The lowest BCUT2D eigenvalue weighted by Crippen LogP contribution is -2.08. The molecule has 0 bridgehead atoms. The van der Waals surface area contributed by atoms with E-state index in [2.05, 4.69) is 0 Å². The van der Waals surface area contributed by atoms with Crippen LogP contribution >= 0.6 is 0 Å². The van der Waals surface area contributed by atoms with E-state index in [1.807, 2.05) is 44.2 Å². The molecule has 0 spiro atoms. The van der Waals surface area contributed by atoms with Gasteiger partial charge in [0.2, 0.25) is 0 Å². The molecule has 2 heterocycles. The Balaban J connectivity index is 2.02. The Labute approximate surface area is 144 Å². The first-order valence-corrected chi connectivity index (χ1v) is 8.24. The Kier molecular flexibility index (Phi) is 3.61. The second kappa shape index (κ2) is 5.81. The molecule has 4 nitrogen and oxygen atoms in total. The van der Waals surface area contributed by atoms with Crippen LogP contribution in [-0.2, 0) is 6.42 Å². The van der Waals surface area contributed by atoms with Crippen molar-refractivity contribution in [3.63, 3.8) is 0 Å². The second-order valence-electron chi connectivity index (χ2n) is 6.07. The molecule has 0 fully saturated rings. The summed E-state index contributed by atoms with van der Waals surface area (Å²) < 4.78 is 16.5. The van der Waals surface area contributed by atoms with Gasteiger partial charge in [0.05, 0.1) is 13.4 Å². The SMILES string of the molecule is CCc1c(C)c2cc3c(-c4cccc(OC)c4)coc3cc2oc1=O. The van der Waals surface area contributed by atoms with Gasteiger partial charge in [-0.05, 0) is 42.7 Å². The minimum atomic E-state index is -0.272. The van der Waals surface area contributed by atoms with Gasteiger partial charge in [-0.2, -0.15) is 0 Å². The maximum Gasteiger partial charge on any atom is 0.339 e. The third kappa shape index (κ3) is 2.41. The maximum atomic E-state index is 12.1. The standard InChI is InChI=1S/C21H18O4/c1-4-15-12(2)16-9-17-18(13-6-5-7-14(8-13)23-3)11-24-19(17)10-20(16)25-21(15)22/h5-11H,4H2,1-3H3. The Morgan fingerprint density at radius 3 is 2.68 bits per heavy atom. The third-order valence-corrected chi connectivity index (χ3v) is 4.72. The highest BCUT2D eigenvalue weighted by Gasteiger charge is 2.15. The Bertz CT molecular complexity index is 1150. The van der Waals surface area contributed by atoms with Gasteiger partial charge in [-0.25, -0.2) is 4.79 Å². The van der Waals surface area contributed by atoms with E-state index in [-0.39, 0.29) is 5.63 Å². The molecule has 0 radical (unpaired) electrons. The lowest BCUT2D eigenvalue weighted by atomic mass is 10.00. The summed E-state index contributed by atoms with van der Waals surface area (Å²) in [7, 11) is 1.65. The van der Waals surface area contributed by atoms with E-state index in [4.69, 9.17) is 13.6 Å². The second-order valence-corrected chi connectivity index (χ2v) is 6.07. The van der Waals surface area contributed by atoms with E-state index in [0.717, 1.165) is 38.8 Å². The molecule has 0 unspecified atom stereocenters. The van der Waals surface area contributed by atoms with Crippen molar-refractivity contribution in [2.24, 2.45) is 0 Å². The van der Waals surface area contributed by atoms with Gasteiger partial charge in [-0.3, -0.25) is 0 Å². The van der Waals surface area contributed by atoms with Crippen LogP contribution in [0.4, 0.5) is 0 Å². The Morgan fingerprint density at radius 1 is 1.08 bits per heavy atom. The molecule has 0 aliphatic rings. The van der Waals surface area contributed by atoms with Gasteiger partial charge in [0.25, 0.3) is 0 Å². The molecule has 0 saturated carbocycles. The fourth-order valence-electron chi connectivity index (χ4n) is 3.33. The molecule has 0 N–H and O–H groups in total. The van der Waals surface area contributed by atoms with Gasteiger partial charge in [0.15, 0.2) is 0 Å². The van der Waals surface area contributed by atoms with Gasteiger partial charge < -0.3 is 13.6 Å². The van der Waals surface area contributed by atoms with Crippen molar-refractivity contribution in [2.45, 2.75) is 20.3 Å². The van der Waals surface area contributed by atoms with Crippen LogP contribution in [0.1, 0.15) is 18.1 Å². The molecule has 0 aliphatic heterocycles. The Hall–Kier alpha value is -3.01. The number of benzene rings is 2. The monoisotopic (exact) mass is 334 g/mol. The minimum Gasteiger partial charge on any atom is -0.497 e. The Morgan fingerprint density at radius 2 is 1.92 bits per heavy atom. The molecule has 0 aliphatic carbocycles. The van der Waals surface area contributed by atoms with Crippen LogP contribution in [0.25, 0.3) is 33.1 Å². The fourth-order valence-corrected chi connectivity index (χ4v) is 3.33. The maximum absolute atomic E-state index is 12.1. The molecule has 4 rings (SSSR count). The number of hydrogen-bond donors (Lipinski definition) is 0. The third-order valence-electron chi connectivity index (χ3n) is 4.72. The molecule has 2 aromatic carbocycles. The summed E-state index contributed by atoms with van der Waals surface area (Å²) in [6.07, 6.45) is 2.38. The lowest BCUT2D eigenvalue weighted by Gasteiger charge is -2.07. The molecular formula is C21H18O4. The highest BCUT2D eigenvalue weighted by molar-refractivity contribution is 6.02. The lowest BCUT2D eigenvalue weighted by molar-refractivity contribution is 0.415. The van der Waals surface area contributed by atoms with Gasteiger partial charge >= 0.3 is 5.63 Å². The van der Waals surface area contributed by atoms with Gasteiger partial charge in [-0.1, -0.05) is 19.1 Å². The molecule has 25 heavy (non-hydrogen) atoms. The normalized spacial score (nSPS) is 11.3. The summed E-state index contributed by atoms with van der Waals surface area (Å²) in [4.78, 5) is 12.1. The zero-order valence-electron chi connectivity index (χ0n) is 14.4. The number of hydrogen-bond acceptors (Lipinski definition) is 4. The van der Waals surface area contributed by atoms with Crippen LogP contribution in [0.15, 0.2) is 56.3 Å². The fraction of sp³-hybridized carbons (Fsp3) is 0.190. The molecule has 4 heteroatoms. The van der Waals surface area contributed by atoms with Crippen LogP contribution in [-0.4, -0.2) is 7.11 Å². The number of aryl methyl sites for hydroxylation is 1. The first-order chi connectivity index (χ1) is 12.1. The van der Waals surface area contributed by atoms with E-state index in [0.29, 0.717) is 17.6 Å². The van der Waals surface area contributed by atoms with Crippen molar-refractivity contribution in [3.05, 3.63) is 64.2 Å². The van der Waals surface area contributed by atoms with Gasteiger partial charge in [-0.15, -0.1) is 0 Å². The number of fused-ring (bicyclic) bond motifs is 2. The largest absolute Gasteiger partial charge is 0.497 e. The quantitative estimate of drug-likeness (QED) is 0.490. The summed E-state index contributed by atoms with van der Waals surface area (Å²) in [5.74, 6) is 0.795. The van der Waals surface area contributed by atoms with E-state index in [1.54, 1.807) is 19.4 Å². The molecule has 0 atom stereocenters.